The van der Waals surface area contributed by atoms with Crippen molar-refractivity contribution in [3.8, 4) is 0 Å². The minimum atomic E-state index is -0.971. The Morgan fingerprint density at radius 2 is 2.05 bits per heavy atom. The average molecular weight is 285 g/mol. The normalized spacial score (nSPS) is 15.9. The number of carboxylic acids is 1. The van der Waals surface area contributed by atoms with Crippen LogP contribution in [0.5, 0.6) is 0 Å². The zero-order chi connectivity index (χ0) is 15.0. The lowest BCUT2D eigenvalue weighted by Gasteiger charge is -2.20. The Morgan fingerprint density at radius 1 is 1.35 bits per heavy atom. The van der Waals surface area contributed by atoms with Crippen molar-refractivity contribution in [2.24, 2.45) is 0 Å². The lowest BCUT2D eigenvalue weighted by Crippen LogP contribution is -2.47. The molecule has 6 heteroatoms. The van der Waals surface area contributed by atoms with Gasteiger partial charge in [0.2, 0.25) is 0 Å². The van der Waals surface area contributed by atoms with Crippen molar-refractivity contribution < 1.29 is 14.7 Å². The van der Waals surface area contributed by atoms with Gasteiger partial charge in [-0.05, 0) is 25.8 Å². The van der Waals surface area contributed by atoms with Crippen LogP contribution in [0.25, 0.3) is 0 Å². The van der Waals surface area contributed by atoms with Crippen molar-refractivity contribution in [3.63, 3.8) is 0 Å². The van der Waals surface area contributed by atoms with Gasteiger partial charge in [0.15, 0.2) is 0 Å². The summed E-state index contributed by atoms with van der Waals surface area (Å²) in [5.74, 6) is -0.971. The number of amides is 2. The Hall–Kier alpha value is -1.30. The predicted octanol–water partition coefficient (Wildman–Crippen LogP) is 1.41. The maximum Gasteiger partial charge on any atom is 0.326 e. The quantitative estimate of drug-likeness (QED) is 0.567. The molecule has 1 aliphatic carbocycles. The van der Waals surface area contributed by atoms with E-state index in [0.29, 0.717) is 19.0 Å². The Bertz CT molecular complexity index is 319. The van der Waals surface area contributed by atoms with E-state index < -0.39 is 12.0 Å². The fourth-order valence-electron chi connectivity index (χ4n) is 2.23. The van der Waals surface area contributed by atoms with Gasteiger partial charge in [-0.3, -0.25) is 4.90 Å². The molecule has 1 saturated carbocycles. The zero-order valence-electron chi connectivity index (χ0n) is 12.5. The third-order valence-electron chi connectivity index (χ3n) is 3.60. The Balaban J connectivity index is 2.21. The molecule has 1 atom stereocenters. The molecule has 0 radical (unpaired) electrons. The van der Waals surface area contributed by atoms with E-state index in [2.05, 4.69) is 22.5 Å². The molecule has 0 aliphatic heterocycles. The highest BCUT2D eigenvalue weighted by atomic mass is 16.4. The summed E-state index contributed by atoms with van der Waals surface area (Å²) < 4.78 is 0. The van der Waals surface area contributed by atoms with Crippen molar-refractivity contribution >= 4 is 12.0 Å². The van der Waals surface area contributed by atoms with Gasteiger partial charge in [0, 0.05) is 19.1 Å². The average Bonchev–Trinajstić information content (AvgIpc) is 3.23. The molecular weight excluding hydrogens is 258 g/mol. The maximum atomic E-state index is 11.7. The number of likely N-dealkylation sites (N-methyl/N-ethyl adjacent to an activating group) is 1. The molecule has 0 unspecified atom stereocenters. The summed E-state index contributed by atoms with van der Waals surface area (Å²) in [5, 5.41) is 14.3. The lowest BCUT2D eigenvalue weighted by molar-refractivity contribution is -0.139. The smallest absolute Gasteiger partial charge is 0.326 e. The number of carbonyl (C=O) groups is 2. The molecule has 0 bridgehead atoms. The molecule has 3 N–H and O–H groups in total. The van der Waals surface area contributed by atoms with E-state index in [9.17, 15) is 9.59 Å². The third kappa shape index (κ3) is 6.23. The van der Waals surface area contributed by atoms with Gasteiger partial charge in [0.1, 0.15) is 6.04 Å². The summed E-state index contributed by atoms with van der Waals surface area (Å²) in [6.07, 6.45) is 4.68. The van der Waals surface area contributed by atoms with E-state index in [1.807, 2.05) is 6.92 Å². The first-order chi connectivity index (χ1) is 9.58. The van der Waals surface area contributed by atoms with Crippen molar-refractivity contribution in [2.75, 3.05) is 19.6 Å². The summed E-state index contributed by atoms with van der Waals surface area (Å²) in [7, 11) is 0. The van der Waals surface area contributed by atoms with E-state index in [4.69, 9.17) is 5.11 Å². The summed E-state index contributed by atoms with van der Waals surface area (Å²) in [6, 6.07) is -0.498. The first-order valence-electron chi connectivity index (χ1n) is 7.59. The fraction of sp³-hybridized carbons (Fsp3) is 0.857. The largest absolute Gasteiger partial charge is 0.480 e. The molecule has 0 saturated heterocycles. The number of nitrogens with zero attached hydrogens (tertiary/aromatic N) is 1. The number of hydrogen-bond acceptors (Lipinski definition) is 3. The third-order valence-corrected chi connectivity index (χ3v) is 3.60. The first-order valence-corrected chi connectivity index (χ1v) is 7.59. The fourth-order valence-corrected chi connectivity index (χ4v) is 2.23. The molecule has 2 amide bonds. The second-order valence-electron chi connectivity index (χ2n) is 5.29. The highest BCUT2D eigenvalue weighted by molar-refractivity contribution is 5.82. The van der Waals surface area contributed by atoms with E-state index >= 15 is 0 Å². The van der Waals surface area contributed by atoms with Crippen LogP contribution >= 0.6 is 0 Å². The standard InChI is InChI=1S/C14H27N3O3/c1-3-5-6-12(13(18)19)16-14(20)15-9-10-17(4-2)11-7-8-11/h11-12H,3-10H2,1-2H3,(H,18,19)(H2,15,16,20)/t12-/m0/s1. The first kappa shape index (κ1) is 16.8. The molecule has 1 aliphatic rings. The van der Waals surface area contributed by atoms with Gasteiger partial charge < -0.3 is 15.7 Å². The molecule has 20 heavy (non-hydrogen) atoms. The van der Waals surface area contributed by atoms with Crippen LogP contribution in [0, 0.1) is 0 Å². The molecule has 1 rings (SSSR count). The van der Waals surface area contributed by atoms with Gasteiger partial charge in [-0.1, -0.05) is 26.7 Å². The van der Waals surface area contributed by atoms with Crippen molar-refractivity contribution in [3.05, 3.63) is 0 Å². The van der Waals surface area contributed by atoms with E-state index in [1.54, 1.807) is 0 Å². The number of carbonyl (C=O) groups excluding carboxylic acids is 1. The number of urea groups is 1. The highest BCUT2D eigenvalue weighted by Crippen LogP contribution is 2.25. The summed E-state index contributed by atoms with van der Waals surface area (Å²) in [4.78, 5) is 25.0. The number of nitrogens with one attached hydrogen (secondary N) is 2. The van der Waals surface area contributed by atoms with Crippen LogP contribution in [-0.4, -0.2) is 53.7 Å². The molecular formula is C14H27N3O3. The zero-order valence-corrected chi connectivity index (χ0v) is 12.5. The molecule has 1 fully saturated rings. The molecule has 0 spiro atoms. The predicted molar refractivity (Wildman–Crippen MR) is 77.8 cm³/mol. The number of rotatable bonds is 10. The topological polar surface area (TPSA) is 81.7 Å². The van der Waals surface area contributed by atoms with Crippen molar-refractivity contribution in [1.82, 2.24) is 15.5 Å². The monoisotopic (exact) mass is 285 g/mol. The summed E-state index contributed by atoms with van der Waals surface area (Å²) >= 11 is 0. The van der Waals surface area contributed by atoms with Crippen LogP contribution in [0.15, 0.2) is 0 Å². The van der Waals surface area contributed by atoms with Crippen molar-refractivity contribution in [2.45, 2.75) is 58.0 Å². The molecule has 6 nitrogen and oxygen atoms in total. The minimum Gasteiger partial charge on any atom is -0.480 e. The maximum absolute atomic E-state index is 11.7. The number of aliphatic carboxylic acids is 1. The van der Waals surface area contributed by atoms with Crippen LogP contribution in [-0.2, 0) is 4.79 Å². The van der Waals surface area contributed by atoms with Gasteiger partial charge >= 0.3 is 12.0 Å². The van der Waals surface area contributed by atoms with Crippen LogP contribution in [0.2, 0.25) is 0 Å². The van der Waals surface area contributed by atoms with Gasteiger partial charge in [0.25, 0.3) is 0 Å². The van der Waals surface area contributed by atoms with Crippen LogP contribution in [0.1, 0.15) is 46.0 Å². The van der Waals surface area contributed by atoms with Gasteiger partial charge in [-0.25, -0.2) is 9.59 Å². The van der Waals surface area contributed by atoms with Crippen molar-refractivity contribution in [1.29, 1.82) is 0 Å². The van der Waals surface area contributed by atoms with Crippen LogP contribution < -0.4 is 10.6 Å². The Morgan fingerprint density at radius 3 is 2.55 bits per heavy atom. The minimum absolute atomic E-state index is 0.389. The van der Waals surface area contributed by atoms with E-state index in [1.165, 1.54) is 12.8 Å². The lowest BCUT2D eigenvalue weighted by atomic mass is 10.1. The summed E-state index contributed by atoms with van der Waals surface area (Å²) in [5.41, 5.74) is 0. The number of carboxylic acid groups (broad SMARTS) is 1. The second kappa shape index (κ2) is 8.79. The van der Waals surface area contributed by atoms with Crippen LogP contribution in [0.4, 0.5) is 4.79 Å². The van der Waals surface area contributed by atoms with Gasteiger partial charge in [-0.15, -0.1) is 0 Å². The van der Waals surface area contributed by atoms with E-state index in [0.717, 1.165) is 25.9 Å². The second-order valence-corrected chi connectivity index (χ2v) is 5.29. The Kier molecular flexibility index (Phi) is 7.36. The highest BCUT2D eigenvalue weighted by Gasteiger charge is 2.27. The molecule has 0 aromatic rings. The SMILES string of the molecule is CCCC[C@H](NC(=O)NCCN(CC)C1CC1)C(=O)O. The summed E-state index contributed by atoms with van der Waals surface area (Å²) in [6.45, 7) is 6.47. The van der Waals surface area contributed by atoms with Crippen LogP contribution in [0.3, 0.4) is 0 Å². The van der Waals surface area contributed by atoms with Gasteiger partial charge in [0.05, 0.1) is 0 Å². The molecule has 0 aromatic carbocycles. The molecule has 116 valence electrons. The number of hydrogen-bond donors (Lipinski definition) is 3. The number of unbranched alkanes of at least 4 members (excludes halogenated alkanes) is 1. The van der Waals surface area contributed by atoms with Gasteiger partial charge in [-0.2, -0.15) is 0 Å². The van der Waals surface area contributed by atoms with E-state index in [-0.39, 0.29) is 6.03 Å². The molecule has 0 aromatic heterocycles. The molecule has 0 heterocycles. The Labute approximate surface area is 120 Å².